The number of rotatable bonds is 4. The fourth-order valence-electron chi connectivity index (χ4n) is 0.829. The lowest BCUT2D eigenvalue weighted by molar-refractivity contribution is 0.0464. The van der Waals surface area contributed by atoms with Crippen LogP contribution in [0, 0.1) is 5.92 Å². The second-order valence-electron chi connectivity index (χ2n) is 2.98. The molecule has 0 radical (unpaired) electrons. The minimum atomic E-state index is -0.652. The molecule has 0 aliphatic carbocycles. The first-order valence-corrected chi connectivity index (χ1v) is 3.97. The molecule has 0 saturated carbocycles. The molecule has 3 nitrogen and oxygen atoms in total. The first-order chi connectivity index (χ1) is 5.60. The fraction of sp³-hybridized carbons (Fsp3) is 0.667. The van der Waals surface area contributed by atoms with E-state index < -0.39 is 6.16 Å². The Kier molecular flexibility index (Phi) is 5.17. The third-order valence-electron chi connectivity index (χ3n) is 1.38. The van der Waals surface area contributed by atoms with Crippen molar-refractivity contribution >= 4 is 6.16 Å². The molecule has 0 aromatic heterocycles. The Morgan fingerprint density at radius 1 is 1.58 bits per heavy atom. The maximum absolute atomic E-state index is 10.7. The van der Waals surface area contributed by atoms with Crippen molar-refractivity contribution in [3.05, 3.63) is 12.7 Å². The van der Waals surface area contributed by atoms with Gasteiger partial charge in [-0.1, -0.05) is 26.5 Å². The average molecular weight is 172 g/mol. The van der Waals surface area contributed by atoms with E-state index in [2.05, 4.69) is 25.2 Å². The van der Waals surface area contributed by atoms with Gasteiger partial charge in [-0.25, -0.2) is 4.79 Å². The number of ether oxygens (including phenoxy) is 2. The van der Waals surface area contributed by atoms with E-state index in [4.69, 9.17) is 4.74 Å². The molecule has 0 spiro atoms. The van der Waals surface area contributed by atoms with Crippen LogP contribution < -0.4 is 0 Å². The number of carbonyl (C=O) groups excluding carboxylic acids is 1. The molecule has 0 saturated heterocycles. The van der Waals surface area contributed by atoms with Gasteiger partial charge in [0, 0.05) is 0 Å². The minimum Gasteiger partial charge on any atom is -0.438 e. The minimum absolute atomic E-state index is 0.238. The number of hydrogen-bond acceptors (Lipinski definition) is 3. The van der Waals surface area contributed by atoms with E-state index in [1.807, 2.05) is 0 Å². The highest BCUT2D eigenvalue weighted by Crippen LogP contribution is 2.09. The molecule has 70 valence electrons. The van der Waals surface area contributed by atoms with Crippen molar-refractivity contribution in [2.24, 2.45) is 5.92 Å². The van der Waals surface area contributed by atoms with E-state index in [9.17, 15) is 4.79 Å². The van der Waals surface area contributed by atoms with E-state index >= 15 is 0 Å². The van der Waals surface area contributed by atoms with Crippen LogP contribution in [0.2, 0.25) is 0 Å². The molecule has 0 heterocycles. The van der Waals surface area contributed by atoms with Gasteiger partial charge in [-0.3, -0.25) is 0 Å². The van der Waals surface area contributed by atoms with Crippen LogP contribution in [0.1, 0.15) is 20.3 Å². The third kappa shape index (κ3) is 4.77. The van der Waals surface area contributed by atoms with Gasteiger partial charge in [-0.15, -0.1) is 0 Å². The molecule has 1 atom stereocenters. The van der Waals surface area contributed by atoms with Crippen molar-refractivity contribution in [3.8, 4) is 0 Å². The largest absolute Gasteiger partial charge is 0.508 e. The van der Waals surface area contributed by atoms with Crippen molar-refractivity contribution in [1.82, 2.24) is 0 Å². The lowest BCUT2D eigenvalue weighted by atomic mass is 10.1. The lowest BCUT2D eigenvalue weighted by Crippen LogP contribution is -2.17. The van der Waals surface area contributed by atoms with Crippen LogP contribution in [0.3, 0.4) is 0 Å². The van der Waals surface area contributed by atoms with Gasteiger partial charge in [0.1, 0.15) is 6.10 Å². The van der Waals surface area contributed by atoms with Gasteiger partial charge in [0.25, 0.3) is 0 Å². The van der Waals surface area contributed by atoms with Crippen LogP contribution in [0.4, 0.5) is 4.79 Å². The number of hydrogen-bond donors (Lipinski definition) is 0. The Bertz CT molecular complexity index is 152. The third-order valence-corrected chi connectivity index (χ3v) is 1.38. The van der Waals surface area contributed by atoms with Crippen molar-refractivity contribution in [2.45, 2.75) is 26.4 Å². The summed E-state index contributed by atoms with van der Waals surface area (Å²) in [4.78, 5) is 10.7. The lowest BCUT2D eigenvalue weighted by Gasteiger charge is -2.14. The molecule has 0 unspecified atom stereocenters. The molecule has 0 aliphatic rings. The molecule has 3 heteroatoms. The smallest absolute Gasteiger partial charge is 0.438 e. The summed E-state index contributed by atoms with van der Waals surface area (Å²) < 4.78 is 9.24. The van der Waals surface area contributed by atoms with E-state index in [0.29, 0.717) is 5.92 Å². The van der Waals surface area contributed by atoms with Crippen LogP contribution in [0.15, 0.2) is 12.7 Å². The summed E-state index contributed by atoms with van der Waals surface area (Å²) in [6.45, 7) is 7.67. The van der Waals surface area contributed by atoms with E-state index in [0.717, 1.165) is 6.42 Å². The predicted molar refractivity (Wildman–Crippen MR) is 46.9 cm³/mol. The second-order valence-corrected chi connectivity index (χ2v) is 2.98. The molecule has 0 fully saturated rings. The maximum atomic E-state index is 10.7. The number of carbonyl (C=O) groups is 1. The van der Waals surface area contributed by atoms with Gasteiger partial charge in [0.2, 0.25) is 0 Å². The molecular formula is C9H16O3. The van der Waals surface area contributed by atoms with Crippen molar-refractivity contribution < 1.29 is 14.3 Å². The first-order valence-electron chi connectivity index (χ1n) is 3.97. The van der Waals surface area contributed by atoms with Crippen LogP contribution in [0.25, 0.3) is 0 Å². The highest BCUT2D eigenvalue weighted by molar-refractivity contribution is 5.60. The van der Waals surface area contributed by atoms with Gasteiger partial charge >= 0.3 is 6.16 Å². The molecule has 0 aromatic carbocycles. The highest BCUT2D eigenvalue weighted by Gasteiger charge is 2.12. The summed E-state index contributed by atoms with van der Waals surface area (Å²) >= 11 is 0. The average Bonchev–Trinajstić information content (AvgIpc) is 2.02. The van der Waals surface area contributed by atoms with E-state index in [1.54, 1.807) is 6.08 Å². The Hall–Kier alpha value is -0.990. The zero-order valence-electron chi connectivity index (χ0n) is 7.87. The summed E-state index contributed by atoms with van der Waals surface area (Å²) in [6, 6.07) is 0. The first kappa shape index (κ1) is 11.0. The van der Waals surface area contributed by atoms with E-state index in [1.165, 1.54) is 7.11 Å². The summed E-state index contributed by atoms with van der Waals surface area (Å²) in [5.74, 6) is 0.470. The monoisotopic (exact) mass is 172 g/mol. The summed E-state index contributed by atoms with van der Waals surface area (Å²) in [5, 5.41) is 0. The number of methoxy groups -OCH3 is 1. The van der Waals surface area contributed by atoms with Crippen molar-refractivity contribution in [3.63, 3.8) is 0 Å². The molecule has 0 bridgehead atoms. The summed E-state index contributed by atoms with van der Waals surface area (Å²) in [7, 11) is 1.29. The second kappa shape index (κ2) is 5.63. The van der Waals surface area contributed by atoms with Crippen LogP contribution in [-0.2, 0) is 9.47 Å². The van der Waals surface area contributed by atoms with Gasteiger partial charge in [-0.05, 0) is 12.3 Å². The standard InChI is InChI=1S/C9H16O3/c1-5-8(6-7(2)3)12-9(10)11-4/h5,7-8H,1,6H2,2-4H3/t8-/m1/s1. The Morgan fingerprint density at radius 2 is 2.17 bits per heavy atom. The molecule has 12 heavy (non-hydrogen) atoms. The van der Waals surface area contributed by atoms with Crippen LogP contribution in [0.5, 0.6) is 0 Å². The van der Waals surface area contributed by atoms with E-state index in [-0.39, 0.29) is 6.10 Å². The SMILES string of the molecule is C=C[C@H](CC(C)C)OC(=O)OC. The van der Waals surface area contributed by atoms with Gasteiger partial charge in [0.05, 0.1) is 7.11 Å². The molecular weight excluding hydrogens is 156 g/mol. The molecule has 0 aliphatic heterocycles. The molecule has 0 rings (SSSR count). The fourth-order valence-corrected chi connectivity index (χ4v) is 0.829. The topological polar surface area (TPSA) is 35.5 Å². The zero-order valence-corrected chi connectivity index (χ0v) is 7.87. The predicted octanol–water partition coefficient (Wildman–Crippen LogP) is 2.37. The van der Waals surface area contributed by atoms with Crippen molar-refractivity contribution in [2.75, 3.05) is 7.11 Å². The van der Waals surface area contributed by atoms with Crippen molar-refractivity contribution in [1.29, 1.82) is 0 Å². The summed E-state index contributed by atoms with van der Waals surface area (Å²) in [5.41, 5.74) is 0. The Labute approximate surface area is 73.4 Å². The molecule has 0 aromatic rings. The molecule has 0 N–H and O–H groups in total. The van der Waals surface area contributed by atoms with Gasteiger partial charge in [0.15, 0.2) is 0 Å². The molecule has 0 amide bonds. The van der Waals surface area contributed by atoms with Gasteiger partial charge < -0.3 is 9.47 Å². The normalized spacial score (nSPS) is 12.3. The highest BCUT2D eigenvalue weighted by atomic mass is 16.7. The van der Waals surface area contributed by atoms with Crippen LogP contribution in [-0.4, -0.2) is 19.4 Å². The Balaban J connectivity index is 3.82. The van der Waals surface area contributed by atoms with Gasteiger partial charge in [-0.2, -0.15) is 0 Å². The zero-order chi connectivity index (χ0) is 9.56. The summed E-state index contributed by atoms with van der Waals surface area (Å²) in [6.07, 6.45) is 1.49. The maximum Gasteiger partial charge on any atom is 0.508 e. The van der Waals surface area contributed by atoms with Crippen LogP contribution >= 0.6 is 0 Å². The quantitative estimate of drug-likeness (QED) is 0.482. The Morgan fingerprint density at radius 3 is 2.50 bits per heavy atom.